The first kappa shape index (κ1) is 13.4. The number of anilines is 2. The molecule has 1 unspecified atom stereocenters. The van der Waals surface area contributed by atoms with Crippen LogP contribution in [-0.2, 0) is 4.79 Å². The van der Waals surface area contributed by atoms with Crippen molar-refractivity contribution in [2.75, 3.05) is 4.90 Å². The molecule has 0 spiro atoms. The minimum atomic E-state index is -0.0417. The van der Waals surface area contributed by atoms with Gasteiger partial charge in [0.1, 0.15) is 6.29 Å². The smallest absolute Gasteiger partial charge is 0.127 e. The van der Waals surface area contributed by atoms with Crippen molar-refractivity contribution in [2.45, 2.75) is 6.42 Å². The molecule has 0 aromatic heterocycles. The number of carbonyl (C=O) groups is 1. The number of benzene rings is 2. The molecule has 0 amide bonds. The standard InChI is InChI=1S/C19H17NO/c21-15-16-8-7-13-19(14-16)20(17-9-3-1-4-10-17)18-11-5-2-6-12-18/h1-7,9-16H,8H2. The number of hydrogen-bond acceptors (Lipinski definition) is 2. The number of hydrogen-bond donors (Lipinski definition) is 0. The Morgan fingerprint density at radius 2 is 1.48 bits per heavy atom. The topological polar surface area (TPSA) is 20.3 Å². The van der Waals surface area contributed by atoms with Crippen LogP contribution in [0.2, 0.25) is 0 Å². The van der Waals surface area contributed by atoms with E-state index in [0.717, 1.165) is 29.8 Å². The molecular weight excluding hydrogens is 258 g/mol. The monoisotopic (exact) mass is 275 g/mol. The molecule has 1 aliphatic carbocycles. The molecule has 104 valence electrons. The summed E-state index contributed by atoms with van der Waals surface area (Å²) in [5, 5.41) is 0. The number of rotatable bonds is 4. The van der Waals surface area contributed by atoms with Crippen LogP contribution in [0.5, 0.6) is 0 Å². The summed E-state index contributed by atoms with van der Waals surface area (Å²) in [6, 6.07) is 20.4. The molecule has 0 radical (unpaired) electrons. The average Bonchev–Trinajstić information content (AvgIpc) is 2.57. The molecule has 1 atom stereocenters. The van der Waals surface area contributed by atoms with Gasteiger partial charge in [-0.3, -0.25) is 0 Å². The first-order valence-electron chi connectivity index (χ1n) is 7.12. The van der Waals surface area contributed by atoms with Crippen molar-refractivity contribution in [3.05, 3.63) is 84.6 Å². The van der Waals surface area contributed by atoms with Gasteiger partial charge in [-0.1, -0.05) is 42.5 Å². The van der Waals surface area contributed by atoms with E-state index in [1.807, 2.05) is 42.5 Å². The third-order valence-corrected chi connectivity index (χ3v) is 3.54. The summed E-state index contributed by atoms with van der Waals surface area (Å²) in [6.45, 7) is 0. The van der Waals surface area contributed by atoms with Crippen LogP contribution >= 0.6 is 0 Å². The minimum absolute atomic E-state index is 0.0417. The van der Waals surface area contributed by atoms with Gasteiger partial charge in [-0.25, -0.2) is 0 Å². The molecule has 0 fully saturated rings. The second-order valence-electron chi connectivity index (χ2n) is 5.04. The number of para-hydroxylation sites is 2. The summed E-state index contributed by atoms with van der Waals surface area (Å²) >= 11 is 0. The highest BCUT2D eigenvalue weighted by Crippen LogP contribution is 2.32. The van der Waals surface area contributed by atoms with E-state index in [4.69, 9.17) is 0 Å². The third-order valence-electron chi connectivity index (χ3n) is 3.54. The molecule has 2 nitrogen and oxygen atoms in total. The van der Waals surface area contributed by atoms with Crippen molar-refractivity contribution in [1.29, 1.82) is 0 Å². The van der Waals surface area contributed by atoms with Crippen LogP contribution in [0.3, 0.4) is 0 Å². The summed E-state index contributed by atoms with van der Waals surface area (Å²) in [5.41, 5.74) is 3.22. The molecule has 2 aromatic rings. The lowest BCUT2D eigenvalue weighted by Gasteiger charge is -2.28. The van der Waals surface area contributed by atoms with Crippen LogP contribution in [0.25, 0.3) is 0 Å². The lowest BCUT2D eigenvalue weighted by atomic mass is 9.99. The van der Waals surface area contributed by atoms with E-state index in [1.165, 1.54) is 0 Å². The van der Waals surface area contributed by atoms with Crippen molar-refractivity contribution < 1.29 is 4.79 Å². The lowest BCUT2D eigenvalue weighted by molar-refractivity contribution is -0.109. The normalized spacial score (nSPS) is 17.1. The number of aldehydes is 1. The lowest BCUT2D eigenvalue weighted by Crippen LogP contribution is -2.18. The predicted molar refractivity (Wildman–Crippen MR) is 86.4 cm³/mol. The molecule has 0 aliphatic heterocycles. The second kappa shape index (κ2) is 6.23. The zero-order chi connectivity index (χ0) is 14.5. The zero-order valence-corrected chi connectivity index (χ0v) is 11.7. The van der Waals surface area contributed by atoms with Gasteiger partial charge in [0.15, 0.2) is 0 Å². The van der Waals surface area contributed by atoms with E-state index in [2.05, 4.69) is 41.3 Å². The average molecular weight is 275 g/mol. The summed E-state index contributed by atoms with van der Waals surface area (Å²) in [7, 11) is 0. The fraction of sp³-hybridized carbons (Fsp3) is 0.105. The van der Waals surface area contributed by atoms with Gasteiger partial charge in [-0.05, 0) is 42.8 Å². The van der Waals surface area contributed by atoms with E-state index in [-0.39, 0.29) is 5.92 Å². The molecule has 1 aliphatic rings. The first-order valence-corrected chi connectivity index (χ1v) is 7.12. The van der Waals surface area contributed by atoms with Crippen LogP contribution < -0.4 is 4.90 Å². The summed E-state index contributed by atoms with van der Waals surface area (Å²) in [6.07, 6.45) is 7.97. The highest BCUT2D eigenvalue weighted by molar-refractivity contribution is 5.71. The Hall–Kier alpha value is -2.61. The van der Waals surface area contributed by atoms with Gasteiger partial charge < -0.3 is 9.69 Å². The second-order valence-corrected chi connectivity index (χ2v) is 5.04. The van der Waals surface area contributed by atoms with Gasteiger partial charge in [0, 0.05) is 23.0 Å². The first-order chi connectivity index (χ1) is 10.4. The fourth-order valence-corrected chi connectivity index (χ4v) is 2.53. The number of allylic oxidation sites excluding steroid dienone is 3. The largest absolute Gasteiger partial charge is 0.311 e. The van der Waals surface area contributed by atoms with Crippen LogP contribution in [0.4, 0.5) is 11.4 Å². The van der Waals surface area contributed by atoms with E-state index in [9.17, 15) is 4.79 Å². The number of nitrogens with zero attached hydrogens (tertiary/aromatic N) is 1. The Morgan fingerprint density at radius 1 is 0.905 bits per heavy atom. The fourth-order valence-electron chi connectivity index (χ4n) is 2.53. The Kier molecular flexibility index (Phi) is 3.97. The van der Waals surface area contributed by atoms with Gasteiger partial charge in [0.05, 0.1) is 0 Å². The molecule has 0 saturated carbocycles. The number of carbonyl (C=O) groups excluding carboxylic acids is 1. The predicted octanol–water partition coefficient (Wildman–Crippen LogP) is 4.48. The maximum absolute atomic E-state index is 11.1. The van der Waals surface area contributed by atoms with Gasteiger partial charge in [0.25, 0.3) is 0 Å². The Balaban J connectivity index is 2.07. The van der Waals surface area contributed by atoms with Crippen molar-refractivity contribution in [1.82, 2.24) is 0 Å². The Bertz CT molecular complexity index is 619. The van der Waals surface area contributed by atoms with Crippen LogP contribution in [0, 0.1) is 5.92 Å². The molecule has 0 N–H and O–H groups in total. The molecule has 0 bridgehead atoms. The highest BCUT2D eigenvalue weighted by atomic mass is 16.1. The Morgan fingerprint density at radius 3 is 2.00 bits per heavy atom. The van der Waals surface area contributed by atoms with Crippen molar-refractivity contribution in [3.8, 4) is 0 Å². The summed E-state index contributed by atoms with van der Waals surface area (Å²) in [5.74, 6) is -0.0417. The maximum Gasteiger partial charge on any atom is 0.127 e. The maximum atomic E-state index is 11.1. The zero-order valence-electron chi connectivity index (χ0n) is 11.7. The molecule has 0 heterocycles. The van der Waals surface area contributed by atoms with E-state index >= 15 is 0 Å². The molecule has 2 aromatic carbocycles. The van der Waals surface area contributed by atoms with Crippen molar-refractivity contribution in [2.24, 2.45) is 5.92 Å². The summed E-state index contributed by atoms with van der Waals surface area (Å²) in [4.78, 5) is 13.3. The molecule has 0 saturated heterocycles. The van der Waals surface area contributed by atoms with Crippen LogP contribution in [0.1, 0.15) is 6.42 Å². The molecule has 3 rings (SSSR count). The van der Waals surface area contributed by atoms with E-state index in [0.29, 0.717) is 0 Å². The van der Waals surface area contributed by atoms with Crippen LogP contribution in [-0.4, -0.2) is 6.29 Å². The van der Waals surface area contributed by atoms with Gasteiger partial charge in [-0.15, -0.1) is 0 Å². The van der Waals surface area contributed by atoms with E-state index in [1.54, 1.807) is 0 Å². The van der Waals surface area contributed by atoms with Crippen molar-refractivity contribution >= 4 is 17.7 Å². The molecule has 21 heavy (non-hydrogen) atoms. The van der Waals surface area contributed by atoms with Gasteiger partial charge in [0.2, 0.25) is 0 Å². The van der Waals surface area contributed by atoms with E-state index < -0.39 is 0 Å². The van der Waals surface area contributed by atoms with Crippen molar-refractivity contribution in [3.63, 3.8) is 0 Å². The molecule has 2 heteroatoms. The quantitative estimate of drug-likeness (QED) is 0.767. The molecular formula is C19H17NO. The third kappa shape index (κ3) is 2.95. The Labute approximate surface area is 125 Å². The summed E-state index contributed by atoms with van der Waals surface area (Å²) < 4.78 is 0. The van der Waals surface area contributed by atoms with Gasteiger partial charge >= 0.3 is 0 Å². The van der Waals surface area contributed by atoms with Crippen LogP contribution in [0.15, 0.2) is 84.6 Å². The highest BCUT2D eigenvalue weighted by Gasteiger charge is 2.16. The minimum Gasteiger partial charge on any atom is -0.311 e. The van der Waals surface area contributed by atoms with Gasteiger partial charge in [-0.2, -0.15) is 0 Å². The SMILES string of the molecule is O=CC1C=C(N(c2ccccc2)c2ccccc2)C=CC1.